The molecule has 1 aliphatic rings. The second-order valence-electron chi connectivity index (χ2n) is 5.61. The summed E-state index contributed by atoms with van der Waals surface area (Å²) in [5.41, 5.74) is 1.11. The molecule has 2 heterocycles. The maximum Gasteiger partial charge on any atom is 0.233 e. The molecule has 0 saturated carbocycles. The lowest BCUT2D eigenvalue weighted by Crippen LogP contribution is -2.25. The first-order valence-electron chi connectivity index (χ1n) is 7.36. The highest BCUT2D eigenvalue weighted by atomic mass is 19.1. The zero-order chi connectivity index (χ0) is 16.4. The number of ether oxygens (including phenoxy) is 1. The Morgan fingerprint density at radius 1 is 1.48 bits per heavy atom. The number of aromatic nitrogens is 2. The van der Waals surface area contributed by atoms with Gasteiger partial charge in [-0.1, -0.05) is 0 Å². The fourth-order valence-corrected chi connectivity index (χ4v) is 2.93. The molecule has 7 heteroatoms. The Kier molecular flexibility index (Phi) is 4.37. The van der Waals surface area contributed by atoms with Crippen LogP contribution in [0.5, 0.6) is 0 Å². The van der Waals surface area contributed by atoms with Gasteiger partial charge in [-0.25, -0.2) is 4.39 Å². The van der Waals surface area contributed by atoms with Crippen molar-refractivity contribution in [3.8, 4) is 6.07 Å². The molecule has 1 aromatic carbocycles. The molecule has 0 aliphatic carbocycles. The van der Waals surface area contributed by atoms with Crippen molar-refractivity contribution in [3.63, 3.8) is 0 Å². The molecule has 3 rings (SSSR count). The van der Waals surface area contributed by atoms with E-state index >= 15 is 0 Å². The number of halogens is 1. The Labute approximate surface area is 133 Å². The number of methoxy groups -OCH3 is 1. The van der Waals surface area contributed by atoms with Crippen molar-refractivity contribution < 1.29 is 13.5 Å². The van der Waals surface area contributed by atoms with Crippen molar-refractivity contribution in [3.05, 3.63) is 46.9 Å². The minimum absolute atomic E-state index is 0.0336. The number of rotatable bonds is 4. The van der Waals surface area contributed by atoms with Crippen molar-refractivity contribution >= 4 is 0 Å². The van der Waals surface area contributed by atoms with Crippen LogP contribution in [0.2, 0.25) is 0 Å². The molecule has 0 radical (unpaired) electrons. The summed E-state index contributed by atoms with van der Waals surface area (Å²) in [5, 5.41) is 17.2. The molecule has 0 amide bonds. The van der Waals surface area contributed by atoms with Crippen LogP contribution in [0.4, 0.5) is 4.39 Å². The Balaban J connectivity index is 1.87. The van der Waals surface area contributed by atoms with Crippen molar-refractivity contribution in [1.82, 2.24) is 15.1 Å². The molecule has 23 heavy (non-hydrogen) atoms. The fraction of sp³-hybridized carbons (Fsp3) is 0.438. The first kappa shape index (κ1) is 15.6. The lowest BCUT2D eigenvalue weighted by atomic mass is 10.1. The number of nitriles is 1. The average molecular weight is 316 g/mol. The summed E-state index contributed by atoms with van der Waals surface area (Å²) >= 11 is 0. The fourth-order valence-electron chi connectivity index (χ4n) is 2.93. The summed E-state index contributed by atoms with van der Waals surface area (Å²) in [6.45, 7) is 2.82. The van der Waals surface area contributed by atoms with Gasteiger partial charge in [0.15, 0.2) is 0 Å². The van der Waals surface area contributed by atoms with Gasteiger partial charge >= 0.3 is 0 Å². The molecule has 0 N–H and O–H groups in total. The normalized spacial score (nSPS) is 21.5. The van der Waals surface area contributed by atoms with Gasteiger partial charge in [-0.05, 0) is 30.2 Å². The molecular weight excluding hydrogens is 299 g/mol. The van der Waals surface area contributed by atoms with Crippen LogP contribution in [0.25, 0.3) is 0 Å². The van der Waals surface area contributed by atoms with Crippen LogP contribution < -0.4 is 0 Å². The van der Waals surface area contributed by atoms with Gasteiger partial charge in [-0.2, -0.15) is 5.26 Å². The highest BCUT2D eigenvalue weighted by Gasteiger charge is 2.36. The van der Waals surface area contributed by atoms with Crippen LogP contribution in [0.1, 0.15) is 35.4 Å². The van der Waals surface area contributed by atoms with Crippen LogP contribution in [0, 0.1) is 24.1 Å². The third-order valence-corrected chi connectivity index (χ3v) is 4.09. The maximum absolute atomic E-state index is 13.5. The van der Waals surface area contributed by atoms with E-state index in [-0.39, 0.29) is 18.0 Å². The zero-order valence-corrected chi connectivity index (χ0v) is 13.0. The molecule has 2 atom stereocenters. The van der Waals surface area contributed by atoms with E-state index in [2.05, 4.69) is 21.2 Å². The molecule has 6 nitrogen and oxygen atoms in total. The van der Waals surface area contributed by atoms with Gasteiger partial charge in [0.25, 0.3) is 0 Å². The van der Waals surface area contributed by atoms with Crippen molar-refractivity contribution in [2.75, 3.05) is 13.7 Å². The number of benzene rings is 1. The number of likely N-dealkylation sites (tertiary alicyclic amines) is 1. The van der Waals surface area contributed by atoms with Gasteiger partial charge in [-0.3, -0.25) is 4.90 Å². The molecule has 2 aromatic rings. The van der Waals surface area contributed by atoms with E-state index in [0.717, 1.165) is 6.42 Å². The second-order valence-corrected chi connectivity index (χ2v) is 5.61. The van der Waals surface area contributed by atoms with Gasteiger partial charge in [0.05, 0.1) is 23.8 Å². The topological polar surface area (TPSA) is 75.2 Å². The molecular formula is C16H17FN4O2. The van der Waals surface area contributed by atoms with E-state index in [1.165, 1.54) is 18.2 Å². The van der Waals surface area contributed by atoms with E-state index in [1.54, 1.807) is 14.0 Å². The SMILES string of the molecule is CO[C@@H]1C[C@H](c2nnc(C)o2)N(Cc2cc(F)ccc2C#N)C1. The Morgan fingerprint density at radius 2 is 2.30 bits per heavy atom. The molecule has 0 bridgehead atoms. The lowest BCUT2D eigenvalue weighted by Gasteiger charge is -2.22. The molecule has 1 saturated heterocycles. The summed E-state index contributed by atoms with van der Waals surface area (Å²) in [7, 11) is 1.66. The minimum Gasteiger partial charge on any atom is -0.424 e. The molecule has 1 aromatic heterocycles. The highest BCUT2D eigenvalue weighted by Crippen LogP contribution is 2.34. The predicted molar refractivity (Wildman–Crippen MR) is 78.7 cm³/mol. The Hall–Kier alpha value is -2.30. The number of hydrogen-bond acceptors (Lipinski definition) is 6. The maximum atomic E-state index is 13.5. The molecule has 0 spiro atoms. The molecule has 0 unspecified atom stereocenters. The Morgan fingerprint density at radius 3 is 2.96 bits per heavy atom. The quantitative estimate of drug-likeness (QED) is 0.862. The molecule has 1 aliphatic heterocycles. The van der Waals surface area contributed by atoms with Crippen molar-refractivity contribution in [1.29, 1.82) is 5.26 Å². The molecule has 120 valence electrons. The highest BCUT2D eigenvalue weighted by molar-refractivity contribution is 5.38. The predicted octanol–water partition coefficient (Wildman–Crippen LogP) is 2.35. The summed E-state index contributed by atoms with van der Waals surface area (Å²) in [6, 6.07) is 6.20. The largest absolute Gasteiger partial charge is 0.424 e. The zero-order valence-electron chi connectivity index (χ0n) is 13.0. The van der Waals surface area contributed by atoms with E-state index in [4.69, 9.17) is 9.15 Å². The summed E-state index contributed by atoms with van der Waals surface area (Å²) < 4.78 is 24.5. The van der Waals surface area contributed by atoms with Gasteiger partial charge < -0.3 is 9.15 Å². The van der Waals surface area contributed by atoms with Crippen LogP contribution in [0.15, 0.2) is 22.6 Å². The summed E-state index contributed by atoms with van der Waals surface area (Å²) in [6.07, 6.45) is 0.751. The van der Waals surface area contributed by atoms with Gasteiger partial charge in [-0.15, -0.1) is 10.2 Å². The van der Waals surface area contributed by atoms with E-state index < -0.39 is 0 Å². The van der Waals surface area contributed by atoms with Gasteiger partial charge in [0.2, 0.25) is 11.8 Å². The summed E-state index contributed by atoms with van der Waals surface area (Å²) in [5.74, 6) is 0.674. The summed E-state index contributed by atoms with van der Waals surface area (Å²) in [4.78, 5) is 2.08. The van der Waals surface area contributed by atoms with Crippen LogP contribution >= 0.6 is 0 Å². The second kappa shape index (κ2) is 6.44. The van der Waals surface area contributed by atoms with Gasteiger partial charge in [0, 0.05) is 27.1 Å². The molecule has 1 fully saturated rings. The number of aryl methyl sites for hydroxylation is 1. The number of nitrogens with zero attached hydrogens (tertiary/aromatic N) is 4. The van der Waals surface area contributed by atoms with E-state index in [9.17, 15) is 9.65 Å². The minimum atomic E-state index is -0.355. The van der Waals surface area contributed by atoms with Crippen molar-refractivity contribution in [2.45, 2.75) is 32.0 Å². The first-order valence-corrected chi connectivity index (χ1v) is 7.36. The monoisotopic (exact) mass is 316 g/mol. The Bertz CT molecular complexity index is 740. The number of hydrogen-bond donors (Lipinski definition) is 0. The van der Waals surface area contributed by atoms with Crippen LogP contribution in [0.3, 0.4) is 0 Å². The van der Waals surface area contributed by atoms with E-state index in [0.29, 0.717) is 36.0 Å². The smallest absolute Gasteiger partial charge is 0.233 e. The standard InChI is InChI=1S/C16H17FN4O2/c1-10-19-20-16(23-10)15-6-14(22-2)9-21(15)8-12-5-13(17)4-3-11(12)7-18/h3-5,14-15H,6,8-9H2,1-2H3/t14-,15-/m1/s1. The third-order valence-electron chi connectivity index (χ3n) is 4.09. The van der Waals surface area contributed by atoms with Crippen molar-refractivity contribution in [2.24, 2.45) is 0 Å². The first-order chi connectivity index (χ1) is 11.1. The van der Waals surface area contributed by atoms with Gasteiger partial charge in [0.1, 0.15) is 5.82 Å². The average Bonchev–Trinajstić information content (AvgIpc) is 3.13. The lowest BCUT2D eigenvalue weighted by molar-refractivity contribution is 0.107. The van der Waals surface area contributed by atoms with E-state index in [1.807, 2.05) is 0 Å². The van der Waals surface area contributed by atoms with Crippen LogP contribution in [-0.2, 0) is 11.3 Å². The van der Waals surface area contributed by atoms with Crippen LogP contribution in [-0.4, -0.2) is 34.9 Å². The third kappa shape index (κ3) is 3.23.